The van der Waals surface area contributed by atoms with Crippen LogP contribution in [0.1, 0.15) is 29.6 Å². The molecule has 0 aliphatic heterocycles. The third-order valence-corrected chi connectivity index (χ3v) is 2.77. The maximum atomic E-state index is 13.3. The van der Waals surface area contributed by atoms with E-state index in [1.54, 1.807) is 0 Å². The summed E-state index contributed by atoms with van der Waals surface area (Å²) in [6.07, 6.45) is 2.89. The lowest BCUT2D eigenvalue weighted by atomic mass is 10.0. The van der Waals surface area contributed by atoms with Gasteiger partial charge >= 0.3 is 0 Å². The molecule has 1 aliphatic rings. The van der Waals surface area contributed by atoms with Crippen molar-refractivity contribution >= 4 is 5.78 Å². The lowest BCUT2D eigenvalue weighted by Gasteiger charge is -2.07. The summed E-state index contributed by atoms with van der Waals surface area (Å²) >= 11 is 0. The Hall–Kier alpha value is -1.72. The van der Waals surface area contributed by atoms with Gasteiger partial charge in [0.15, 0.2) is 29.1 Å². The first kappa shape index (κ1) is 12.7. The summed E-state index contributed by atoms with van der Waals surface area (Å²) < 4.78 is 65.3. The molecule has 0 radical (unpaired) electrons. The quantitative estimate of drug-likeness (QED) is 0.344. The number of carbonyl (C=O) groups excluding carboxylic acids is 1. The molecular weight excluding hydrogens is 255 g/mol. The van der Waals surface area contributed by atoms with E-state index in [4.69, 9.17) is 0 Å². The SMILES string of the molecule is O=C(C1=CCCC1)c1c(F)c(F)c(F)c(F)c1F. The van der Waals surface area contributed by atoms with Crippen molar-refractivity contribution in [3.8, 4) is 0 Å². The first-order chi connectivity index (χ1) is 8.45. The van der Waals surface area contributed by atoms with E-state index in [0.29, 0.717) is 12.8 Å². The van der Waals surface area contributed by atoms with Crippen LogP contribution in [0.3, 0.4) is 0 Å². The Labute approximate surface area is 98.9 Å². The largest absolute Gasteiger partial charge is 0.289 e. The molecule has 2 rings (SSSR count). The Morgan fingerprint density at radius 1 is 0.889 bits per heavy atom. The molecule has 6 heteroatoms. The van der Waals surface area contributed by atoms with E-state index in [-0.39, 0.29) is 12.0 Å². The molecule has 0 saturated carbocycles. The molecule has 0 aromatic heterocycles. The van der Waals surface area contributed by atoms with Crippen molar-refractivity contribution in [2.75, 3.05) is 0 Å². The van der Waals surface area contributed by atoms with Crippen molar-refractivity contribution in [1.29, 1.82) is 0 Å². The van der Waals surface area contributed by atoms with Crippen molar-refractivity contribution in [2.24, 2.45) is 0 Å². The van der Waals surface area contributed by atoms with Crippen molar-refractivity contribution < 1.29 is 26.7 Å². The van der Waals surface area contributed by atoms with Crippen LogP contribution in [0.2, 0.25) is 0 Å². The molecule has 0 amide bonds. The molecule has 0 heterocycles. The molecule has 0 spiro atoms. The summed E-state index contributed by atoms with van der Waals surface area (Å²) in [7, 11) is 0. The van der Waals surface area contributed by atoms with E-state index >= 15 is 0 Å². The monoisotopic (exact) mass is 262 g/mol. The number of benzene rings is 1. The van der Waals surface area contributed by atoms with Crippen LogP contribution in [0.5, 0.6) is 0 Å². The van der Waals surface area contributed by atoms with Crippen LogP contribution < -0.4 is 0 Å². The first-order valence-electron chi connectivity index (χ1n) is 5.20. The zero-order chi connectivity index (χ0) is 13.4. The predicted molar refractivity (Wildman–Crippen MR) is 52.5 cm³/mol. The Kier molecular flexibility index (Phi) is 3.19. The van der Waals surface area contributed by atoms with E-state index in [2.05, 4.69) is 0 Å². The lowest BCUT2D eigenvalue weighted by molar-refractivity contribution is 0.102. The predicted octanol–water partition coefficient (Wildman–Crippen LogP) is 3.68. The fourth-order valence-corrected chi connectivity index (χ4v) is 1.84. The fraction of sp³-hybridized carbons (Fsp3) is 0.250. The number of allylic oxidation sites excluding steroid dienone is 2. The Morgan fingerprint density at radius 3 is 1.83 bits per heavy atom. The van der Waals surface area contributed by atoms with Crippen LogP contribution in [0.4, 0.5) is 22.0 Å². The normalized spacial score (nSPS) is 14.8. The molecule has 0 unspecified atom stereocenters. The van der Waals surface area contributed by atoms with Crippen LogP contribution in [0, 0.1) is 29.1 Å². The van der Waals surface area contributed by atoms with Crippen molar-refractivity contribution in [3.63, 3.8) is 0 Å². The van der Waals surface area contributed by atoms with E-state index in [1.807, 2.05) is 0 Å². The standard InChI is InChI=1S/C12H7F5O/c13-7-6(12(18)5-3-1-2-4-5)8(14)10(16)11(17)9(7)15/h3H,1-2,4H2. The topological polar surface area (TPSA) is 17.1 Å². The Balaban J connectivity index is 2.61. The molecular formula is C12H7F5O. The molecule has 96 valence electrons. The molecule has 1 aromatic rings. The summed E-state index contributed by atoms with van der Waals surface area (Å²) in [6, 6.07) is 0. The molecule has 0 atom stereocenters. The minimum Gasteiger partial charge on any atom is -0.289 e. The smallest absolute Gasteiger partial charge is 0.200 e. The van der Waals surface area contributed by atoms with Gasteiger partial charge in [0.2, 0.25) is 5.82 Å². The third kappa shape index (κ3) is 1.81. The van der Waals surface area contributed by atoms with E-state index in [9.17, 15) is 26.7 Å². The van der Waals surface area contributed by atoms with Gasteiger partial charge in [-0.15, -0.1) is 0 Å². The summed E-state index contributed by atoms with van der Waals surface area (Å²) in [5.41, 5.74) is -1.29. The highest BCUT2D eigenvalue weighted by atomic mass is 19.2. The fourth-order valence-electron chi connectivity index (χ4n) is 1.84. The number of Topliss-reactive ketones (excluding diaryl/α,β-unsaturated/α-hetero) is 1. The number of rotatable bonds is 2. The zero-order valence-corrected chi connectivity index (χ0v) is 9.00. The second-order valence-corrected chi connectivity index (χ2v) is 3.90. The van der Waals surface area contributed by atoms with Crippen molar-refractivity contribution in [2.45, 2.75) is 19.3 Å². The maximum Gasteiger partial charge on any atom is 0.200 e. The number of hydrogen-bond donors (Lipinski definition) is 0. The van der Waals surface area contributed by atoms with Crippen LogP contribution in [0.25, 0.3) is 0 Å². The van der Waals surface area contributed by atoms with Gasteiger partial charge in [-0.05, 0) is 24.8 Å². The van der Waals surface area contributed by atoms with Gasteiger partial charge in [-0.3, -0.25) is 4.79 Å². The summed E-state index contributed by atoms with van der Waals surface area (Å²) in [5, 5.41) is 0. The summed E-state index contributed by atoms with van der Waals surface area (Å²) in [6.45, 7) is 0. The van der Waals surface area contributed by atoms with E-state index in [1.165, 1.54) is 6.08 Å². The van der Waals surface area contributed by atoms with Gasteiger partial charge in [0.1, 0.15) is 0 Å². The average molecular weight is 262 g/mol. The Morgan fingerprint density at radius 2 is 1.39 bits per heavy atom. The van der Waals surface area contributed by atoms with Gasteiger partial charge in [0.25, 0.3) is 0 Å². The number of hydrogen-bond acceptors (Lipinski definition) is 1. The lowest BCUT2D eigenvalue weighted by Crippen LogP contribution is -2.13. The molecule has 0 saturated heterocycles. The zero-order valence-electron chi connectivity index (χ0n) is 9.00. The average Bonchev–Trinajstić information content (AvgIpc) is 2.88. The van der Waals surface area contributed by atoms with Crippen LogP contribution in [0.15, 0.2) is 11.6 Å². The van der Waals surface area contributed by atoms with Gasteiger partial charge in [-0.2, -0.15) is 0 Å². The number of ketones is 1. The van der Waals surface area contributed by atoms with Gasteiger partial charge in [-0.1, -0.05) is 6.08 Å². The second kappa shape index (κ2) is 4.51. The van der Waals surface area contributed by atoms with Crippen molar-refractivity contribution in [3.05, 3.63) is 46.3 Å². The van der Waals surface area contributed by atoms with Crippen LogP contribution in [-0.2, 0) is 0 Å². The second-order valence-electron chi connectivity index (χ2n) is 3.90. The van der Waals surface area contributed by atoms with Gasteiger partial charge in [-0.25, -0.2) is 22.0 Å². The van der Waals surface area contributed by atoms with E-state index in [0.717, 1.165) is 0 Å². The van der Waals surface area contributed by atoms with Crippen LogP contribution >= 0.6 is 0 Å². The molecule has 1 aliphatic carbocycles. The summed E-state index contributed by atoms with van der Waals surface area (Å²) in [4.78, 5) is 11.7. The molecule has 1 nitrogen and oxygen atoms in total. The van der Waals surface area contributed by atoms with Crippen LogP contribution in [-0.4, -0.2) is 5.78 Å². The molecule has 0 fully saturated rings. The highest BCUT2D eigenvalue weighted by Crippen LogP contribution is 2.28. The van der Waals surface area contributed by atoms with Gasteiger partial charge in [0, 0.05) is 0 Å². The minimum absolute atomic E-state index is 0.0817. The number of halogens is 5. The molecule has 1 aromatic carbocycles. The minimum atomic E-state index is -2.26. The molecule has 18 heavy (non-hydrogen) atoms. The maximum absolute atomic E-state index is 13.3. The Bertz CT molecular complexity index is 533. The number of carbonyl (C=O) groups is 1. The van der Waals surface area contributed by atoms with Gasteiger partial charge < -0.3 is 0 Å². The van der Waals surface area contributed by atoms with E-state index < -0.39 is 40.4 Å². The first-order valence-corrected chi connectivity index (χ1v) is 5.20. The van der Waals surface area contributed by atoms with Gasteiger partial charge in [0.05, 0.1) is 5.56 Å². The summed E-state index contributed by atoms with van der Waals surface area (Å²) in [5.74, 6) is -11.8. The van der Waals surface area contributed by atoms with Crippen molar-refractivity contribution in [1.82, 2.24) is 0 Å². The highest BCUT2D eigenvalue weighted by molar-refractivity contribution is 6.09. The molecule has 0 N–H and O–H groups in total. The third-order valence-electron chi connectivity index (χ3n) is 2.77. The highest BCUT2D eigenvalue weighted by Gasteiger charge is 2.31. The molecule has 0 bridgehead atoms.